The molecular weight excluding hydrogens is 264 g/mol. The Hall–Kier alpha value is -1.81. The number of nitrogens with zero attached hydrogens (tertiary/aromatic N) is 1. The quantitative estimate of drug-likeness (QED) is 0.881. The molecule has 0 aliphatic heterocycles. The smallest absolute Gasteiger partial charge is 0.174 e. The van der Waals surface area contributed by atoms with Crippen LogP contribution in [-0.2, 0) is 13.0 Å². The Morgan fingerprint density at radius 2 is 2.33 bits per heavy atom. The van der Waals surface area contributed by atoms with E-state index in [9.17, 15) is 0 Å². The number of hydrogen-bond donors (Lipinski definition) is 1. The van der Waals surface area contributed by atoms with E-state index in [-0.39, 0.29) is 0 Å². The van der Waals surface area contributed by atoms with Gasteiger partial charge in [-0.15, -0.1) is 0 Å². The molecule has 0 bridgehead atoms. The van der Waals surface area contributed by atoms with Gasteiger partial charge in [-0.1, -0.05) is 18.1 Å². The largest absolute Gasteiger partial charge is 0.486 e. The van der Waals surface area contributed by atoms with Crippen LogP contribution in [0.15, 0.2) is 35.0 Å². The maximum Gasteiger partial charge on any atom is 0.174 e. The highest BCUT2D eigenvalue weighted by atomic mass is 16.5. The molecule has 0 amide bonds. The van der Waals surface area contributed by atoms with Crippen LogP contribution in [0.3, 0.4) is 0 Å². The van der Waals surface area contributed by atoms with Gasteiger partial charge in [-0.2, -0.15) is 0 Å². The highest BCUT2D eigenvalue weighted by Crippen LogP contribution is 2.32. The van der Waals surface area contributed by atoms with E-state index < -0.39 is 0 Å². The fourth-order valence-electron chi connectivity index (χ4n) is 2.88. The second-order valence-electron chi connectivity index (χ2n) is 5.53. The van der Waals surface area contributed by atoms with E-state index in [1.54, 1.807) is 6.20 Å². The van der Waals surface area contributed by atoms with Crippen LogP contribution < -0.4 is 10.1 Å². The van der Waals surface area contributed by atoms with Crippen LogP contribution in [0, 0.1) is 0 Å². The predicted octanol–water partition coefficient (Wildman–Crippen LogP) is 3.63. The van der Waals surface area contributed by atoms with Crippen LogP contribution in [0.5, 0.6) is 5.75 Å². The standard InChI is InChI=1S/C17H22N2O2/c1-2-9-18-17-5-3-4-13-11-14(6-7-16(13)17)20-12-15-8-10-19-21-15/h6-8,10-11,17-18H,2-5,9,12H2,1H3. The van der Waals surface area contributed by atoms with Crippen molar-refractivity contribution in [2.75, 3.05) is 6.54 Å². The first kappa shape index (κ1) is 14.1. The normalized spacial score (nSPS) is 17.5. The van der Waals surface area contributed by atoms with Gasteiger partial charge in [0.05, 0.1) is 6.20 Å². The number of fused-ring (bicyclic) bond motifs is 1. The van der Waals surface area contributed by atoms with Crippen LogP contribution in [0.25, 0.3) is 0 Å². The van der Waals surface area contributed by atoms with Crippen molar-refractivity contribution in [3.05, 3.63) is 47.3 Å². The van der Waals surface area contributed by atoms with E-state index in [0.717, 1.165) is 24.5 Å². The van der Waals surface area contributed by atoms with Crippen molar-refractivity contribution < 1.29 is 9.26 Å². The van der Waals surface area contributed by atoms with E-state index in [4.69, 9.17) is 9.26 Å². The second-order valence-corrected chi connectivity index (χ2v) is 5.53. The Labute approximate surface area is 125 Å². The monoisotopic (exact) mass is 286 g/mol. The molecule has 21 heavy (non-hydrogen) atoms. The molecule has 0 saturated carbocycles. The molecule has 4 nitrogen and oxygen atoms in total. The first-order valence-electron chi connectivity index (χ1n) is 7.75. The zero-order chi connectivity index (χ0) is 14.5. The van der Waals surface area contributed by atoms with E-state index in [2.05, 4.69) is 35.6 Å². The lowest BCUT2D eigenvalue weighted by Gasteiger charge is -2.27. The first-order valence-corrected chi connectivity index (χ1v) is 7.75. The lowest BCUT2D eigenvalue weighted by molar-refractivity contribution is 0.249. The van der Waals surface area contributed by atoms with Crippen LogP contribution in [0.4, 0.5) is 0 Å². The van der Waals surface area contributed by atoms with Gasteiger partial charge >= 0.3 is 0 Å². The molecule has 1 aromatic carbocycles. The second kappa shape index (κ2) is 6.76. The number of benzene rings is 1. The molecule has 1 unspecified atom stereocenters. The van der Waals surface area contributed by atoms with Crippen LogP contribution >= 0.6 is 0 Å². The molecule has 0 spiro atoms. The summed E-state index contributed by atoms with van der Waals surface area (Å²) in [7, 11) is 0. The van der Waals surface area contributed by atoms with Crippen molar-refractivity contribution in [3.8, 4) is 5.75 Å². The Bertz CT molecular complexity index is 566. The molecule has 112 valence electrons. The zero-order valence-electron chi connectivity index (χ0n) is 12.5. The fourth-order valence-corrected chi connectivity index (χ4v) is 2.88. The average molecular weight is 286 g/mol. The number of aromatic nitrogens is 1. The van der Waals surface area contributed by atoms with Gasteiger partial charge in [0.2, 0.25) is 0 Å². The highest BCUT2D eigenvalue weighted by molar-refractivity contribution is 5.39. The SMILES string of the molecule is CCCNC1CCCc2cc(OCc3ccno3)ccc21. The Morgan fingerprint density at radius 3 is 3.14 bits per heavy atom. The molecule has 1 atom stereocenters. The number of aryl methyl sites for hydroxylation is 1. The molecule has 0 fully saturated rings. The predicted molar refractivity (Wildman–Crippen MR) is 81.2 cm³/mol. The summed E-state index contributed by atoms with van der Waals surface area (Å²) in [4.78, 5) is 0. The first-order chi connectivity index (χ1) is 10.4. The lowest BCUT2D eigenvalue weighted by atomic mass is 9.87. The molecule has 1 aliphatic rings. The maximum atomic E-state index is 5.78. The zero-order valence-corrected chi connectivity index (χ0v) is 12.5. The fraction of sp³-hybridized carbons (Fsp3) is 0.471. The molecule has 2 aromatic rings. The van der Waals surface area contributed by atoms with Crippen molar-refractivity contribution in [2.45, 2.75) is 45.3 Å². The van der Waals surface area contributed by atoms with Gasteiger partial charge in [-0.05, 0) is 55.5 Å². The molecule has 4 heteroatoms. The van der Waals surface area contributed by atoms with E-state index in [0.29, 0.717) is 12.6 Å². The summed E-state index contributed by atoms with van der Waals surface area (Å²) in [5.41, 5.74) is 2.84. The number of rotatable bonds is 6. The van der Waals surface area contributed by atoms with Crippen molar-refractivity contribution in [1.82, 2.24) is 10.5 Å². The van der Waals surface area contributed by atoms with Crippen molar-refractivity contribution in [3.63, 3.8) is 0 Å². The Morgan fingerprint density at radius 1 is 1.38 bits per heavy atom. The van der Waals surface area contributed by atoms with Crippen LogP contribution in [0.1, 0.15) is 49.1 Å². The van der Waals surface area contributed by atoms with Crippen molar-refractivity contribution in [1.29, 1.82) is 0 Å². The third-order valence-corrected chi connectivity index (χ3v) is 3.94. The lowest BCUT2D eigenvalue weighted by Crippen LogP contribution is -2.25. The van der Waals surface area contributed by atoms with E-state index in [1.807, 2.05) is 6.07 Å². The van der Waals surface area contributed by atoms with Gasteiger partial charge < -0.3 is 14.6 Å². The summed E-state index contributed by atoms with van der Waals surface area (Å²) < 4.78 is 10.8. The molecule has 1 N–H and O–H groups in total. The highest BCUT2D eigenvalue weighted by Gasteiger charge is 2.19. The minimum atomic E-state index is 0.427. The maximum absolute atomic E-state index is 5.78. The molecular formula is C17H22N2O2. The van der Waals surface area contributed by atoms with Gasteiger partial charge in [0, 0.05) is 12.1 Å². The molecule has 3 rings (SSSR count). The Balaban J connectivity index is 1.68. The number of nitrogens with one attached hydrogen (secondary N) is 1. The van der Waals surface area contributed by atoms with Crippen LogP contribution in [-0.4, -0.2) is 11.7 Å². The van der Waals surface area contributed by atoms with Crippen molar-refractivity contribution in [2.24, 2.45) is 0 Å². The minimum absolute atomic E-state index is 0.427. The molecule has 1 aliphatic carbocycles. The summed E-state index contributed by atoms with van der Waals surface area (Å²) in [6, 6.07) is 8.75. The van der Waals surface area contributed by atoms with Gasteiger partial charge in [0.15, 0.2) is 5.76 Å². The summed E-state index contributed by atoms with van der Waals surface area (Å²) in [6.45, 7) is 3.71. The third kappa shape index (κ3) is 3.45. The van der Waals surface area contributed by atoms with Crippen LogP contribution in [0.2, 0.25) is 0 Å². The number of hydrogen-bond acceptors (Lipinski definition) is 4. The van der Waals surface area contributed by atoms with E-state index >= 15 is 0 Å². The molecule has 1 aromatic heterocycles. The number of ether oxygens (including phenoxy) is 1. The molecule has 0 saturated heterocycles. The van der Waals surface area contributed by atoms with Gasteiger partial charge in [-0.25, -0.2) is 0 Å². The van der Waals surface area contributed by atoms with Gasteiger partial charge in [0.25, 0.3) is 0 Å². The third-order valence-electron chi connectivity index (χ3n) is 3.94. The minimum Gasteiger partial charge on any atom is -0.486 e. The topological polar surface area (TPSA) is 47.3 Å². The molecule has 0 radical (unpaired) electrons. The van der Waals surface area contributed by atoms with E-state index in [1.165, 1.54) is 30.4 Å². The average Bonchev–Trinajstić information content (AvgIpc) is 3.04. The molecule has 1 heterocycles. The summed E-state index contributed by atoms with van der Waals surface area (Å²) in [5.74, 6) is 1.65. The summed E-state index contributed by atoms with van der Waals surface area (Å²) in [5, 5.41) is 7.32. The van der Waals surface area contributed by atoms with Gasteiger partial charge in [0.1, 0.15) is 12.4 Å². The summed E-state index contributed by atoms with van der Waals surface area (Å²) in [6.07, 6.45) is 6.41. The van der Waals surface area contributed by atoms with Gasteiger partial charge in [-0.3, -0.25) is 0 Å². The summed E-state index contributed by atoms with van der Waals surface area (Å²) >= 11 is 0. The Kier molecular flexibility index (Phi) is 4.55. The van der Waals surface area contributed by atoms with Crippen molar-refractivity contribution >= 4 is 0 Å².